The van der Waals surface area contributed by atoms with E-state index >= 15 is 0 Å². The first-order valence-electron chi connectivity index (χ1n) is 4.92. The maximum atomic E-state index is 11.6. The first kappa shape index (κ1) is 10.8. The molecule has 1 N–H and O–H groups in total. The van der Waals surface area contributed by atoms with Gasteiger partial charge in [-0.15, -0.1) is 23.2 Å². The van der Waals surface area contributed by atoms with Crippen molar-refractivity contribution < 1.29 is 0 Å². The van der Waals surface area contributed by atoms with Crippen LogP contribution in [0.4, 0.5) is 0 Å². The van der Waals surface area contributed by atoms with E-state index < -0.39 is 0 Å². The van der Waals surface area contributed by atoms with Crippen LogP contribution in [0.15, 0.2) is 10.9 Å². The van der Waals surface area contributed by atoms with Gasteiger partial charge in [-0.05, 0) is 12.5 Å². The second-order valence-electron chi connectivity index (χ2n) is 3.56. The fraction of sp³-hybridized carbons (Fsp3) is 0.500. The molecule has 2 rings (SSSR count). The van der Waals surface area contributed by atoms with Crippen molar-refractivity contribution in [2.24, 2.45) is 0 Å². The summed E-state index contributed by atoms with van der Waals surface area (Å²) in [5.41, 5.74) is 1.81. The number of rotatable bonds is 3. The van der Waals surface area contributed by atoms with Gasteiger partial charge in [-0.1, -0.05) is 6.08 Å². The number of aromatic amines is 1. The highest BCUT2D eigenvalue weighted by atomic mass is 35.5. The third-order valence-corrected chi connectivity index (χ3v) is 3.07. The average molecular weight is 247 g/mol. The van der Waals surface area contributed by atoms with E-state index in [1.165, 1.54) is 0 Å². The van der Waals surface area contributed by atoms with Crippen LogP contribution < -0.4 is 5.69 Å². The summed E-state index contributed by atoms with van der Waals surface area (Å²) in [6, 6.07) is 0. The second-order valence-corrected chi connectivity index (χ2v) is 4.50. The molecule has 0 fully saturated rings. The predicted octanol–water partition coefficient (Wildman–Crippen LogP) is 1.98. The van der Waals surface area contributed by atoms with Gasteiger partial charge >= 0.3 is 5.69 Å². The SMILES string of the molecule is O=c1[nH]c2c(n1CCCCl)CC(Cl)C=C2. The molecule has 0 aliphatic heterocycles. The Morgan fingerprint density at radius 3 is 3.13 bits per heavy atom. The largest absolute Gasteiger partial charge is 0.326 e. The van der Waals surface area contributed by atoms with Crippen molar-refractivity contribution in [2.45, 2.75) is 24.8 Å². The molecule has 0 spiro atoms. The van der Waals surface area contributed by atoms with Crippen molar-refractivity contribution in [3.05, 3.63) is 27.9 Å². The normalized spacial score (nSPS) is 19.2. The number of alkyl halides is 2. The van der Waals surface area contributed by atoms with Gasteiger partial charge in [-0.2, -0.15) is 0 Å². The Bertz CT molecular complexity index is 433. The molecule has 1 unspecified atom stereocenters. The lowest BCUT2D eigenvalue weighted by molar-refractivity contribution is 0.626. The molecule has 0 bridgehead atoms. The van der Waals surface area contributed by atoms with E-state index in [9.17, 15) is 4.79 Å². The number of nitrogens with zero attached hydrogens (tertiary/aromatic N) is 1. The number of allylic oxidation sites excluding steroid dienone is 1. The maximum absolute atomic E-state index is 11.6. The molecule has 15 heavy (non-hydrogen) atoms. The lowest BCUT2D eigenvalue weighted by Gasteiger charge is -2.13. The summed E-state index contributed by atoms with van der Waals surface area (Å²) in [6.45, 7) is 0.658. The molecule has 0 amide bonds. The molecule has 1 heterocycles. The topological polar surface area (TPSA) is 37.8 Å². The number of nitrogens with one attached hydrogen (secondary N) is 1. The van der Waals surface area contributed by atoms with Crippen molar-refractivity contribution in [1.82, 2.24) is 9.55 Å². The number of hydrogen-bond donors (Lipinski definition) is 1. The number of aromatic nitrogens is 2. The third kappa shape index (κ3) is 2.13. The molecular formula is C10H12Cl2N2O. The average Bonchev–Trinajstić information content (AvgIpc) is 2.51. The Balaban J connectivity index is 2.34. The zero-order valence-electron chi connectivity index (χ0n) is 8.17. The lowest BCUT2D eigenvalue weighted by atomic mass is 10.1. The van der Waals surface area contributed by atoms with Gasteiger partial charge in [0.2, 0.25) is 0 Å². The van der Waals surface area contributed by atoms with Crippen LogP contribution in [0.25, 0.3) is 6.08 Å². The van der Waals surface area contributed by atoms with Crippen LogP contribution in [0.1, 0.15) is 17.8 Å². The quantitative estimate of drug-likeness (QED) is 0.815. The van der Waals surface area contributed by atoms with Crippen LogP contribution in [-0.4, -0.2) is 20.8 Å². The lowest BCUT2D eigenvalue weighted by Crippen LogP contribution is -2.20. The maximum Gasteiger partial charge on any atom is 0.326 e. The van der Waals surface area contributed by atoms with Crippen LogP contribution in [0, 0.1) is 0 Å². The van der Waals surface area contributed by atoms with Crippen LogP contribution in [-0.2, 0) is 13.0 Å². The summed E-state index contributed by atoms with van der Waals surface area (Å²) in [5.74, 6) is 0.562. The predicted molar refractivity (Wildman–Crippen MR) is 62.8 cm³/mol. The summed E-state index contributed by atoms with van der Waals surface area (Å²) >= 11 is 11.6. The first-order chi connectivity index (χ1) is 7.22. The summed E-state index contributed by atoms with van der Waals surface area (Å²) in [4.78, 5) is 14.4. The number of fused-ring (bicyclic) bond motifs is 1. The second kappa shape index (κ2) is 4.45. The van der Waals surface area contributed by atoms with Crippen LogP contribution in [0.2, 0.25) is 0 Å². The minimum absolute atomic E-state index is 0.0186. The van der Waals surface area contributed by atoms with E-state index in [0.29, 0.717) is 18.8 Å². The van der Waals surface area contributed by atoms with E-state index in [1.807, 2.05) is 12.2 Å². The summed E-state index contributed by atoms with van der Waals surface area (Å²) in [6.07, 6.45) is 5.26. The van der Waals surface area contributed by atoms with Gasteiger partial charge in [0.1, 0.15) is 0 Å². The molecule has 82 valence electrons. The van der Waals surface area contributed by atoms with Gasteiger partial charge in [0.25, 0.3) is 0 Å². The standard InChI is InChI=1S/C10H12Cl2N2O/c11-4-1-5-14-9-6-7(12)2-3-8(9)13-10(14)15/h2-3,7H,1,4-6H2,(H,13,15). The minimum atomic E-state index is -0.0690. The fourth-order valence-corrected chi connectivity index (χ4v) is 2.13. The van der Waals surface area contributed by atoms with E-state index in [1.54, 1.807) is 4.57 Å². The molecule has 0 aromatic carbocycles. The van der Waals surface area contributed by atoms with Crippen LogP contribution >= 0.6 is 23.2 Å². The molecule has 0 saturated carbocycles. The Morgan fingerprint density at radius 2 is 2.40 bits per heavy atom. The van der Waals surface area contributed by atoms with Gasteiger partial charge in [0.15, 0.2) is 0 Å². The smallest absolute Gasteiger partial charge is 0.306 e. The van der Waals surface area contributed by atoms with Gasteiger partial charge in [-0.25, -0.2) is 4.79 Å². The van der Waals surface area contributed by atoms with Crippen molar-refractivity contribution >= 4 is 29.3 Å². The van der Waals surface area contributed by atoms with Crippen molar-refractivity contribution in [1.29, 1.82) is 0 Å². The molecule has 1 aliphatic rings. The minimum Gasteiger partial charge on any atom is -0.306 e. The molecule has 3 nitrogen and oxygen atoms in total. The highest BCUT2D eigenvalue weighted by Gasteiger charge is 2.18. The molecular weight excluding hydrogens is 235 g/mol. The van der Waals surface area contributed by atoms with Crippen LogP contribution in [0.3, 0.4) is 0 Å². The van der Waals surface area contributed by atoms with E-state index in [2.05, 4.69) is 4.98 Å². The molecule has 1 atom stereocenters. The summed E-state index contributed by atoms with van der Waals surface area (Å²) < 4.78 is 1.73. The highest BCUT2D eigenvalue weighted by Crippen LogP contribution is 2.19. The molecule has 0 radical (unpaired) electrons. The van der Waals surface area contributed by atoms with E-state index in [-0.39, 0.29) is 11.1 Å². The first-order valence-corrected chi connectivity index (χ1v) is 5.89. The van der Waals surface area contributed by atoms with Gasteiger partial charge < -0.3 is 4.98 Å². The Labute approximate surface area is 97.7 Å². The molecule has 0 saturated heterocycles. The fourth-order valence-electron chi connectivity index (χ4n) is 1.79. The highest BCUT2D eigenvalue weighted by molar-refractivity contribution is 6.22. The summed E-state index contributed by atoms with van der Waals surface area (Å²) in [7, 11) is 0. The number of hydrogen-bond acceptors (Lipinski definition) is 1. The zero-order chi connectivity index (χ0) is 10.8. The van der Waals surface area contributed by atoms with Crippen molar-refractivity contribution in [3.63, 3.8) is 0 Å². The summed E-state index contributed by atoms with van der Waals surface area (Å²) in [5, 5.41) is -0.0186. The Hall–Kier alpha value is -0.670. The zero-order valence-corrected chi connectivity index (χ0v) is 9.68. The molecule has 1 aromatic rings. The van der Waals surface area contributed by atoms with E-state index in [4.69, 9.17) is 23.2 Å². The number of halogens is 2. The van der Waals surface area contributed by atoms with Crippen molar-refractivity contribution in [3.8, 4) is 0 Å². The Morgan fingerprint density at radius 1 is 1.60 bits per heavy atom. The van der Waals surface area contributed by atoms with Gasteiger partial charge in [-0.3, -0.25) is 4.57 Å². The monoisotopic (exact) mass is 246 g/mol. The van der Waals surface area contributed by atoms with E-state index in [0.717, 1.165) is 17.8 Å². The van der Waals surface area contributed by atoms with Crippen molar-refractivity contribution in [2.75, 3.05) is 5.88 Å². The van der Waals surface area contributed by atoms with Gasteiger partial charge in [0.05, 0.1) is 11.1 Å². The Kier molecular flexibility index (Phi) is 3.22. The van der Waals surface area contributed by atoms with Crippen LogP contribution in [0.5, 0.6) is 0 Å². The number of imidazole rings is 1. The molecule has 1 aromatic heterocycles. The molecule has 1 aliphatic carbocycles. The molecule has 5 heteroatoms. The number of H-pyrrole nitrogens is 1. The van der Waals surface area contributed by atoms with Gasteiger partial charge in [0, 0.05) is 24.5 Å². The third-order valence-electron chi connectivity index (χ3n) is 2.50.